The number of ether oxygens (including phenoxy) is 1. The Hall–Kier alpha value is -5.30. The number of amides is 7. The quantitative estimate of drug-likeness (QED) is 0.0498. The lowest BCUT2D eigenvalue weighted by Crippen LogP contribution is -2.61. The van der Waals surface area contributed by atoms with E-state index >= 15 is 0 Å². The van der Waals surface area contributed by atoms with Gasteiger partial charge in [-0.25, -0.2) is 4.79 Å². The van der Waals surface area contributed by atoms with Gasteiger partial charge in [0.15, 0.2) is 0 Å². The average molecular weight is 1020 g/mol. The monoisotopic (exact) mass is 1020 g/mol. The van der Waals surface area contributed by atoms with Gasteiger partial charge in [0, 0.05) is 6.42 Å². The lowest BCUT2D eigenvalue weighted by atomic mass is 9.95. The molecule has 20 nitrogen and oxygen atoms in total. The number of carbonyl (C=O) groups is 10. The molecule has 1 fully saturated rings. The molecule has 1 saturated heterocycles. The van der Waals surface area contributed by atoms with E-state index in [2.05, 4.69) is 51.1 Å². The summed E-state index contributed by atoms with van der Waals surface area (Å²) in [5.41, 5.74) is 0. The first-order chi connectivity index (χ1) is 33.6. The lowest BCUT2D eigenvalue weighted by molar-refractivity contribution is -0.155. The predicted octanol–water partition coefficient (Wildman–Crippen LogP) is 4.65. The van der Waals surface area contributed by atoms with Gasteiger partial charge in [0.25, 0.3) is 0 Å². The van der Waals surface area contributed by atoms with Crippen LogP contribution in [0.4, 0.5) is 0 Å². The zero-order valence-electron chi connectivity index (χ0n) is 45.3. The molecule has 0 aliphatic carbocycles. The maximum absolute atomic E-state index is 14.2. The number of cyclic esters (lactones) is 1. The summed E-state index contributed by atoms with van der Waals surface area (Å²) in [6, 6.07) is -9.63. The highest BCUT2D eigenvalue weighted by Crippen LogP contribution is 2.19. The highest BCUT2D eigenvalue weighted by atomic mass is 16.5. The Morgan fingerprint density at radius 1 is 0.486 bits per heavy atom. The SMILES string of the molecule is CCC(C)[C@@H]1NC(=O)C(CC(C)C)NC(=O)[C@H](CC(C)C)NC(=O)[C@@H](CCC(=O)O)NC(=O)CC(CCCCCCCC(C)C)OC(=O)C(CC(C)C)NC(=O)C(CC(C)C)NC(=O)[C@H](CC(=O)O)NC1=O. The van der Waals surface area contributed by atoms with Crippen molar-refractivity contribution in [1.82, 2.24) is 37.2 Å². The molecule has 0 radical (unpaired) electrons. The third kappa shape index (κ3) is 26.4. The molecule has 1 aliphatic rings. The summed E-state index contributed by atoms with van der Waals surface area (Å²) in [6.45, 7) is 22.2. The topological polar surface area (TPSA) is 305 Å². The van der Waals surface area contributed by atoms with Crippen molar-refractivity contribution in [3.63, 3.8) is 0 Å². The van der Waals surface area contributed by atoms with Gasteiger partial charge in [-0.2, -0.15) is 0 Å². The molecule has 0 spiro atoms. The fraction of sp³-hybridized carbons (Fsp3) is 0.808. The molecule has 0 aromatic heterocycles. The second-order valence-electron chi connectivity index (χ2n) is 21.8. The molecule has 5 unspecified atom stereocenters. The number of rotatable bonds is 23. The van der Waals surface area contributed by atoms with Crippen molar-refractivity contribution in [3.05, 3.63) is 0 Å². The minimum Gasteiger partial charge on any atom is -0.481 e. The molecule has 0 aromatic rings. The highest BCUT2D eigenvalue weighted by Gasteiger charge is 2.37. The van der Waals surface area contributed by atoms with Gasteiger partial charge < -0.3 is 52.2 Å². The minimum atomic E-state index is -1.72. The number of carboxylic acid groups (broad SMARTS) is 2. The largest absolute Gasteiger partial charge is 0.481 e. The van der Waals surface area contributed by atoms with Crippen molar-refractivity contribution in [2.75, 3.05) is 0 Å². The Kier molecular flexibility index (Phi) is 30.0. The summed E-state index contributed by atoms with van der Waals surface area (Å²) < 4.78 is 6.03. The molecule has 72 heavy (non-hydrogen) atoms. The first kappa shape index (κ1) is 64.7. The molecule has 1 rings (SSSR count). The van der Waals surface area contributed by atoms with Gasteiger partial charge in [0.1, 0.15) is 48.4 Å². The minimum absolute atomic E-state index is 0.0396. The smallest absolute Gasteiger partial charge is 0.328 e. The van der Waals surface area contributed by atoms with Crippen LogP contribution in [0.15, 0.2) is 0 Å². The van der Waals surface area contributed by atoms with Gasteiger partial charge in [-0.3, -0.25) is 43.2 Å². The molecular weight excluding hydrogens is 931 g/mol. The predicted molar refractivity (Wildman–Crippen MR) is 272 cm³/mol. The normalized spacial score (nSPS) is 24.6. The van der Waals surface area contributed by atoms with E-state index in [1.54, 1.807) is 41.5 Å². The molecular formula is C52H91N7O13. The van der Waals surface area contributed by atoms with E-state index in [0.29, 0.717) is 18.8 Å². The summed E-state index contributed by atoms with van der Waals surface area (Å²) >= 11 is 0. The van der Waals surface area contributed by atoms with E-state index in [4.69, 9.17) is 4.74 Å². The lowest BCUT2D eigenvalue weighted by Gasteiger charge is -2.30. The maximum Gasteiger partial charge on any atom is 0.328 e. The molecule has 0 saturated carbocycles. The van der Waals surface area contributed by atoms with Crippen molar-refractivity contribution in [1.29, 1.82) is 0 Å². The molecule has 0 bridgehead atoms. The summed E-state index contributed by atoms with van der Waals surface area (Å²) in [5.74, 6) is -10.1. The Bertz CT molecular complexity index is 1790. The molecule has 20 heteroatoms. The third-order valence-electron chi connectivity index (χ3n) is 12.4. The number of nitrogens with one attached hydrogen (secondary N) is 7. The van der Waals surface area contributed by atoms with Crippen LogP contribution in [0.25, 0.3) is 0 Å². The van der Waals surface area contributed by atoms with Crippen LogP contribution in [0, 0.1) is 35.5 Å². The van der Waals surface area contributed by atoms with Crippen LogP contribution in [0.3, 0.4) is 0 Å². The highest BCUT2D eigenvalue weighted by molar-refractivity contribution is 5.98. The van der Waals surface area contributed by atoms with E-state index in [-0.39, 0.29) is 62.2 Å². The fourth-order valence-corrected chi connectivity index (χ4v) is 8.39. The average Bonchev–Trinajstić information content (AvgIpc) is 3.26. The summed E-state index contributed by atoms with van der Waals surface area (Å²) in [4.78, 5) is 137. The first-order valence-electron chi connectivity index (χ1n) is 26.4. The van der Waals surface area contributed by atoms with Crippen molar-refractivity contribution in [2.45, 2.75) is 234 Å². The van der Waals surface area contributed by atoms with Gasteiger partial charge in [-0.15, -0.1) is 0 Å². The molecule has 1 aliphatic heterocycles. The second-order valence-corrected chi connectivity index (χ2v) is 21.8. The number of hydrogen-bond acceptors (Lipinski definition) is 11. The van der Waals surface area contributed by atoms with Crippen molar-refractivity contribution < 1.29 is 62.9 Å². The van der Waals surface area contributed by atoms with Crippen LogP contribution in [-0.4, -0.2) is 118 Å². The van der Waals surface area contributed by atoms with Crippen LogP contribution in [0.1, 0.15) is 186 Å². The molecule has 9 atom stereocenters. The van der Waals surface area contributed by atoms with Crippen molar-refractivity contribution in [2.24, 2.45) is 35.5 Å². The third-order valence-corrected chi connectivity index (χ3v) is 12.4. The summed E-state index contributed by atoms with van der Waals surface area (Å²) in [5, 5.41) is 38.0. The molecule has 7 amide bonds. The van der Waals surface area contributed by atoms with Gasteiger partial charge >= 0.3 is 17.9 Å². The van der Waals surface area contributed by atoms with Gasteiger partial charge in [-0.05, 0) is 80.5 Å². The molecule has 1 heterocycles. The standard InChI is InChI=1S/C52H91N7O13/c1-13-34(12)45-51(70)57-40(28-44(63)64)49(68)55-38(24-31(6)7)48(67)58-41(26-33(10)11)52(71)72-35(20-18-16-14-15-17-19-29(2)3)27-42(60)53-36(21-22-43(61)62)46(65)54-37(23-30(4)5)47(66)56-39(25-32(8)9)50(69)59-45/h29-41,45H,13-28H2,1-12H3,(H,53,60)(H,54,65)(H,55,68)(H,56,66)(H,57,70)(H,58,67)(H,59,69)(H,61,62)(H,63,64)/t34?,35?,36-,37+,38?,39?,40+,41?,45+/m1/s1. The number of aliphatic carboxylic acids is 2. The summed E-state index contributed by atoms with van der Waals surface area (Å²) in [6.07, 6.45) is 2.95. The van der Waals surface area contributed by atoms with Crippen LogP contribution in [-0.2, 0) is 52.7 Å². The van der Waals surface area contributed by atoms with Crippen LogP contribution in [0.2, 0.25) is 0 Å². The fourth-order valence-electron chi connectivity index (χ4n) is 8.39. The van der Waals surface area contributed by atoms with Crippen molar-refractivity contribution >= 4 is 59.3 Å². The van der Waals surface area contributed by atoms with E-state index in [1.807, 2.05) is 27.7 Å². The zero-order valence-corrected chi connectivity index (χ0v) is 45.3. The van der Waals surface area contributed by atoms with Crippen LogP contribution < -0.4 is 37.2 Å². The number of esters is 1. The Labute approximate surface area is 428 Å². The number of hydrogen-bond donors (Lipinski definition) is 9. The van der Waals surface area contributed by atoms with Gasteiger partial charge in [0.2, 0.25) is 41.4 Å². The maximum atomic E-state index is 14.2. The van der Waals surface area contributed by atoms with E-state index in [9.17, 15) is 58.2 Å². The number of unbranched alkanes of at least 4 members (excludes halogenated alkanes) is 4. The first-order valence-corrected chi connectivity index (χ1v) is 26.4. The Morgan fingerprint density at radius 3 is 1.36 bits per heavy atom. The second kappa shape index (κ2) is 33.4. The van der Waals surface area contributed by atoms with Gasteiger partial charge in [0.05, 0.1) is 12.8 Å². The Morgan fingerprint density at radius 2 is 0.903 bits per heavy atom. The number of carboxylic acids is 2. The Balaban J connectivity index is 4.03. The van der Waals surface area contributed by atoms with Crippen LogP contribution in [0.5, 0.6) is 0 Å². The van der Waals surface area contributed by atoms with E-state index in [1.165, 1.54) is 0 Å². The zero-order chi connectivity index (χ0) is 54.8. The van der Waals surface area contributed by atoms with Gasteiger partial charge in [-0.1, -0.05) is 122 Å². The van der Waals surface area contributed by atoms with E-state index < -0.39 is 133 Å². The van der Waals surface area contributed by atoms with E-state index in [0.717, 1.165) is 32.1 Å². The number of carbonyl (C=O) groups excluding carboxylic acids is 8. The molecule has 412 valence electrons. The van der Waals surface area contributed by atoms with Crippen LogP contribution >= 0.6 is 0 Å². The molecule has 9 N–H and O–H groups in total. The van der Waals surface area contributed by atoms with Crippen molar-refractivity contribution in [3.8, 4) is 0 Å². The molecule has 0 aromatic carbocycles. The summed E-state index contributed by atoms with van der Waals surface area (Å²) in [7, 11) is 0.